The second-order valence-electron chi connectivity index (χ2n) is 7.48. The molecule has 1 fully saturated rings. The van der Waals surface area contributed by atoms with Gasteiger partial charge in [0.05, 0.1) is 30.3 Å². The van der Waals surface area contributed by atoms with Crippen molar-refractivity contribution >= 4 is 0 Å². The second kappa shape index (κ2) is 7.37. The average Bonchev–Trinajstić information content (AvgIpc) is 3.22. The van der Waals surface area contributed by atoms with Gasteiger partial charge >= 0.3 is 0 Å². The van der Waals surface area contributed by atoms with Gasteiger partial charge in [0.15, 0.2) is 0 Å². The standard InChI is InChI=1S/C20H26N6O2/c1-15-18(19(25(4)23-15)28-17-6-5-7-21-11-17)13-26-8-9-27-20(2,14-26)16-10-22-24(3)12-16/h5-7,10-12H,8-9,13-14H2,1-4H3. The van der Waals surface area contributed by atoms with Gasteiger partial charge in [-0.2, -0.15) is 10.2 Å². The molecule has 4 heterocycles. The molecule has 0 N–H and O–H groups in total. The molecule has 4 rings (SSSR count). The normalized spacial score (nSPS) is 20.4. The van der Waals surface area contributed by atoms with E-state index < -0.39 is 0 Å². The quantitative estimate of drug-likeness (QED) is 0.675. The van der Waals surface area contributed by atoms with Crippen LogP contribution in [-0.2, 0) is 31.0 Å². The van der Waals surface area contributed by atoms with Crippen molar-refractivity contribution in [2.24, 2.45) is 14.1 Å². The summed E-state index contributed by atoms with van der Waals surface area (Å²) in [5.74, 6) is 1.45. The Hall–Kier alpha value is -2.71. The van der Waals surface area contributed by atoms with Crippen LogP contribution in [0.1, 0.15) is 23.7 Å². The summed E-state index contributed by atoms with van der Waals surface area (Å²) in [5, 5.41) is 8.87. The predicted molar refractivity (Wildman–Crippen MR) is 104 cm³/mol. The van der Waals surface area contributed by atoms with Crippen LogP contribution in [0.5, 0.6) is 11.6 Å². The number of rotatable bonds is 5. The fourth-order valence-corrected chi connectivity index (χ4v) is 3.69. The third kappa shape index (κ3) is 3.65. The SMILES string of the molecule is Cc1nn(C)c(Oc2cccnc2)c1CN1CCOC(C)(c2cnn(C)c2)C1. The third-order valence-corrected chi connectivity index (χ3v) is 5.19. The fourth-order valence-electron chi connectivity index (χ4n) is 3.69. The summed E-state index contributed by atoms with van der Waals surface area (Å²) in [4.78, 5) is 6.51. The molecular weight excluding hydrogens is 356 g/mol. The maximum Gasteiger partial charge on any atom is 0.222 e. The van der Waals surface area contributed by atoms with E-state index in [1.807, 2.05) is 50.2 Å². The highest BCUT2D eigenvalue weighted by Crippen LogP contribution is 2.32. The van der Waals surface area contributed by atoms with E-state index in [-0.39, 0.29) is 5.60 Å². The first-order valence-corrected chi connectivity index (χ1v) is 9.40. The Labute approximate surface area is 164 Å². The summed E-state index contributed by atoms with van der Waals surface area (Å²) in [5.41, 5.74) is 2.76. The van der Waals surface area contributed by atoms with Gasteiger partial charge in [-0.25, -0.2) is 4.68 Å². The summed E-state index contributed by atoms with van der Waals surface area (Å²) in [6, 6.07) is 3.76. The van der Waals surface area contributed by atoms with Crippen LogP contribution in [-0.4, -0.2) is 49.1 Å². The molecule has 1 saturated heterocycles. The average molecular weight is 382 g/mol. The number of nitrogens with zero attached hydrogens (tertiary/aromatic N) is 6. The van der Waals surface area contributed by atoms with Crippen molar-refractivity contribution in [3.8, 4) is 11.6 Å². The molecule has 8 heteroatoms. The zero-order valence-corrected chi connectivity index (χ0v) is 16.8. The summed E-state index contributed by atoms with van der Waals surface area (Å²) in [6.45, 7) is 7.19. The number of ether oxygens (including phenoxy) is 2. The van der Waals surface area contributed by atoms with Gasteiger partial charge in [0.2, 0.25) is 5.88 Å². The van der Waals surface area contributed by atoms with Gasteiger partial charge in [-0.15, -0.1) is 0 Å². The molecule has 0 spiro atoms. The van der Waals surface area contributed by atoms with Crippen LogP contribution in [0.25, 0.3) is 0 Å². The summed E-state index contributed by atoms with van der Waals surface area (Å²) in [7, 11) is 3.83. The predicted octanol–water partition coefficient (Wildman–Crippen LogP) is 2.40. The number of aryl methyl sites for hydroxylation is 3. The lowest BCUT2D eigenvalue weighted by atomic mass is 9.96. The fraction of sp³-hybridized carbons (Fsp3) is 0.450. The number of aromatic nitrogens is 5. The largest absolute Gasteiger partial charge is 0.437 e. The molecule has 28 heavy (non-hydrogen) atoms. The van der Waals surface area contributed by atoms with Crippen molar-refractivity contribution in [3.63, 3.8) is 0 Å². The van der Waals surface area contributed by atoms with Crippen LogP contribution >= 0.6 is 0 Å². The Kier molecular flexibility index (Phi) is 4.91. The Balaban J connectivity index is 1.55. The smallest absolute Gasteiger partial charge is 0.222 e. The maximum absolute atomic E-state index is 6.14. The van der Waals surface area contributed by atoms with Gasteiger partial charge in [0.25, 0.3) is 0 Å². The van der Waals surface area contributed by atoms with E-state index in [0.717, 1.165) is 42.3 Å². The van der Waals surface area contributed by atoms with Gasteiger partial charge in [-0.3, -0.25) is 14.6 Å². The Morgan fingerprint density at radius 3 is 2.86 bits per heavy atom. The lowest BCUT2D eigenvalue weighted by Gasteiger charge is -2.40. The first-order valence-electron chi connectivity index (χ1n) is 9.40. The van der Waals surface area contributed by atoms with E-state index in [0.29, 0.717) is 12.4 Å². The number of hydrogen-bond donors (Lipinski definition) is 0. The molecule has 0 aromatic carbocycles. The van der Waals surface area contributed by atoms with Crippen molar-refractivity contribution in [1.82, 2.24) is 29.4 Å². The molecule has 1 atom stereocenters. The third-order valence-electron chi connectivity index (χ3n) is 5.19. The molecule has 3 aromatic rings. The van der Waals surface area contributed by atoms with Crippen LogP contribution < -0.4 is 4.74 Å². The summed E-state index contributed by atoms with van der Waals surface area (Å²) >= 11 is 0. The zero-order valence-electron chi connectivity index (χ0n) is 16.8. The van der Waals surface area contributed by atoms with Crippen molar-refractivity contribution < 1.29 is 9.47 Å². The Bertz CT molecular complexity index is 951. The van der Waals surface area contributed by atoms with Crippen LogP contribution in [0, 0.1) is 6.92 Å². The van der Waals surface area contributed by atoms with Crippen LogP contribution in [0.2, 0.25) is 0 Å². The van der Waals surface area contributed by atoms with Crippen molar-refractivity contribution in [3.05, 3.63) is 53.7 Å². The molecule has 0 aliphatic carbocycles. The molecule has 0 bridgehead atoms. The number of morpholine rings is 1. The molecule has 1 aliphatic rings. The van der Waals surface area contributed by atoms with Crippen molar-refractivity contribution in [2.45, 2.75) is 26.0 Å². The van der Waals surface area contributed by atoms with Crippen LogP contribution in [0.15, 0.2) is 36.9 Å². The van der Waals surface area contributed by atoms with E-state index in [4.69, 9.17) is 9.47 Å². The molecule has 0 radical (unpaired) electrons. The number of hydrogen-bond acceptors (Lipinski definition) is 6. The van der Waals surface area contributed by atoms with Gasteiger partial charge < -0.3 is 9.47 Å². The first kappa shape index (κ1) is 18.6. The lowest BCUT2D eigenvalue weighted by molar-refractivity contribution is -0.105. The van der Waals surface area contributed by atoms with E-state index in [1.165, 1.54) is 0 Å². The van der Waals surface area contributed by atoms with Gasteiger partial charge in [0, 0.05) is 51.7 Å². The van der Waals surface area contributed by atoms with E-state index >= 15 is 0 Å². The van der Waals surface area contributed by atoms with Crippen molar-refractivity contribution in [1.29, 1.82) is 0 Å². The maximum atomic E-state index is 6.14. The molecule has 3 aromatic heterocycles. The van der Waals surface area contributed by atoms with Gasteiger partial charge in [-0.1, -0.05) is 0 Å². The molecule has 8 nitrogen and oxygen atoms in total. The molecular formula is C20H26N6O2. The summed E-state index contributed by atoms with van der Waals surface area (Å²) < 4.78 is 15.9. The molecule has 1 aliphatic heterocycles. The molecule has 1 unspecified atom stereocenters. The zero-order chi connectivity index (χ0) is 19.7. The number of pyridine rings is 1. The van der Waals surface area contributed by atoms with E-state index in [2.05, 4.69) is 27.0 Å². The minimum absolute atomic E-state index is 0.382. The Morgan fingerprint density at radius 2 is 2.14 bits per heavy atom. The minimum atomic E-state index is -0.382. The van der Waals surface area contributed by atoms with Crippen molar-refractivity contribution in [2.75, 3.05) is 19.7 Å². The molecule has 0 amide bonds. The monoisotopic (exact) mass is 382 g/mol. The minimum Gasteiger partial charge on any atom is -0.437 e. The Morgan fingerprint density at radius 1 is 1.29 bits per heavy atom. The van der Waals surface area contributed by atoms with Gasteiger partial charge in [0.1, 0.15) is 11.4 Å². The second-order valence-corrected chi connectivity index (χ2v) is 7.48. The van der Waals surface area contributed by atoms with E-state index in [9.17, 15) is 0 Å². The summed E-state index contributed by atoms with van der Waals surface area (Å²) in [6.07, 6.45) is 7.35. The van der Waals surface area contributed by atoms with Gasteiger partial charge in [-0.05, 0) is 26.0 Å². The molecule has 0 saturated carbocycles. The molecule has 148 valence electrons. The highest BCUT2D eigenvalue weighted by atomic mass is 16.5. The lowest BCUT2D eigenvalue weighted by Crippen LogP contribution is -2.47. The topological polar surface area (TPSA) is 70.2 Å². The van der Waals surface area contributed by atoms with E-state index in [1.54, 1.807) is 17.1 Å². The van der Waals surface area contributed by atoms with Crippen LogP contribution in [0.4, 0.5) is 0 Å². The highest BCUT2D eigenvalue weighted by molar-refractivity contribution is 5.35. The highest BCUT2D eigenvalue weighted by Gasteiger charge is 2.35. The van der Waals surface area contributed by atoms with Crippen LogP contribution in [0.3, 0.4) is 0 Å². The first-order chi connectivity index (χ1) is 13.4.